The zero-order valence-corrected chi connectivity index (χ0v) is 20.4. The summed E-state index contributed by atoms with van der Waals surface area (Å²) in [5.74, 6) is 0.106. The third kappa shape index (κ3) is 5.97. The number of fused-ring (bicyclic) bond motifs is 2. The molecule has 3 rings (SSSR count). The molecule has 1 heterocycles. The Bertz CT molecular complexity index is 1240. The van der Waals surface area contributed by atoms with E-state index in [2.05, 4.69) is 26.1 Å². The molecule has 2 bridgehead atoms. The third-order valence-corrected chi connectivity index (χ3v) is 6.06. The van der Waals surface area contributed by atoms with Gasteiger partial charge >= 0.3 is 0 Å². The summed E-state index contributed by atoms with van der Waals surface area (Å²) >= 11 is 0. The van der Waals surface area contributed by atoms with Crippen LogP contribution in [0.1, 0.15) is 26.7 Å². The van der Waals surface area contributed by atoms with Crippen LogP contribution in [-0.4, -0.2) is 34.6 Å². The average molecular weight is 479 g/mol. The number of rotatable bonds is 8. The highest BCUT2D eigenvalue weighted by atomic mass is 32.2. The Balaban J connectivity index is 1.95. The van der Waals surface area contributed by atoms with Gasteiger partial charge in [0.25, 0.3) is 0 Å². The van der Waals surface area contributed by atoms with Gasteiger partial charge in [-0.05, 0) is 49.8 Å². The fraction of sp³-hybridized carbons (Fsp3) is 0.240. The van der Waals surface area contributed by atoms with E-state index < -0.39 is 16.8 Å². The number of benzene rings is 1. The first-order valence-corrected chi connectivity index (χ1v) is 11.9. The van der Waals surface area contributed by atoms with Gasteiger partial charge in [0.2, 0.25) is 0 Å². The quantitative estimate of drug-likeness (QED) is 0.504. The lowest BCUT2D eigenvalue weighted by atomic mass is 10.1. The minimum absolute atomic E-state index is 0.140. The first kappa shape index (κ1) is 24.9. The van der Waals surface area contributed by atoms with Gasteiger partial charge in [-0.1, -0.05) is 19.1 Å². The molecule has 9 heteroatoms. The molecular weight excluding hydrogens is 451 g/mol. The Labute approximate surface area is 202 Å². The number of anilines is 2. The van der Waals surface area contributed by atoms with Crippen LogP contribution >= 0.6 is 0 Å². The lowest BCUT2D eigenvalue weighted by Crippen LogP contribution is -2.14. The molecule has 1 aliphatic heterocycles. The monoisotopic (exact) mass is 478 g/mol. The number of allylic oxidation sites excluding steroid dienone is 6. The highest BCUT2D eigenvalue weighted by Crippen LogP contribution is 2.26. The second kappa shape index (κ2) is 11.4. The van der Waals surface area contributed by atoms with Crippen molar-refractivity contribution in [2.75, 3.05) is 24.1 Å². The molecular formula is C25H27FN6OS. The third-order valence-electron chi connectivity index (χ3n) is 4.91. The highest BCUT2D eigenvalue weighted by molar-refractivity contribution is 7.90. The molecule has 0 spiro atoms. The molecule has 7 nitrogen and oxygen atoms in total. The standard InChI is InChI=1S/C25H27FN6OS/c1-5-7-19(8-6-2)34(33)31-18-9-11-21(26)24(14-18)29-22-12-10-17-13-23(20(22)15-27)30-25(16-28-17)32(3)4/h5,7-12,14,16,29,31H,6,13H2,1-4H3/b7-5-,19-8+. The molecule has 0 saturated carbocycles. The van der Waals surface area contributed by atoms with Gasteiger partial charge < -0.3 is 14.9 Å². The van der Waals surface area contributed by atoms with Crippen molar-refractivity contribution < 1.29 is 8.60 Å². The smallest absolute Gasteiger partial charge is 0.149 e. The van der Waals surface area contributed by atoms with E-state index in [1.54, 1.807) is 24.4 Å². The zero-order chi connectivity index (χ0) is 24.7. The van der Waals surface area contributed by atoms with Crippen molar-refractivity contribution in [2.45, 2.75) is 26.7 Å². The average Bonchev–Trinajstić information content (AvgIpc) is 3.12. The van der Waals surface area contributed by atoms with Crippen molar-refractivity contribution in [1.29, 1.82) is 5.26 Å². The van der Waals surface area contributed by atoms with E-state index in [1.807, 2.05) is 45.0 Å². The van der Waals surface area contributed by atoms with Gasteiger partial charge in [-0.25, -0.2) is 13.6 Å². The molecule has 1 aromatic carbocycles. The van der Waals surface area contributed by atoms with Crippen LogP contribution in [0.25, 0.3) is 0 Å². The maximum atomic E-state index is 14.7. The van der Waals surface area contributed by atoms with E-state index in [0.29, 0.717) is 39.8 Å². The summed E-state index contributed by atoms with van der Waals surface area (Å²) in [5.41, 5.74) is 2.61. The summed E-state index contributed by atoms with van der Waals surface area (Å²) in [7, 11) is 2.19. The van der Waals surface area contributed by atoms with Gasteiger partial charge in [0, 0.05) is 31.9 Å². The summed E-state index contributed by atoms with van der Waals surface area (Å²) < 4.78 is 30.3. The van der Waals surface area contributed by atoms with Gasteiger partial charge in [0.1, 0.15) is 28.7 Å². The molecule has 1 aliphatic carbocycles. The van der Waals surface area contributed by atoms with Crippen LogP contribution in [0.5, 0.6) is 0 Å². The first-order chi connectivity index (χ1) is 16.4. The second-order valence-electron chi connectivity index (χ2n) is 7.68. The van der Waals surface area contributed by atoms with E-state index in [1.165, 1.54) is 18.2 Å². The molecule has 0 amide bonds. The SMILES string of the molecule is C/C=C\C(=C/CC)S(=O)Nc1ccc(F)c(NC2=C(C#N)C3=NC(N(C)C)=CN=C(C=C2)C3)c1. The number of halogens is 1. The molecule has 2 aliphatic rings. The summed E-state index contributed by atoms with van der Waals surface area (Å²) in [4.78, 5) is 11.5. The van der Waals surface area contributed by atoms with Crippen LogP contribution in [0, 0.1) is 17.1 Å². The molecule has 0 radical (unpaired) electrons. The summed E-state index contributed by atoms with van der Waals surface area (Å²) in [6.07, 6.45) is 11.7. The Hall–Kier alpha value is -3.77. The van der Waals surface area contributed by atoms with Gasteiger partial charge in [0.05, 0.1) is 33.8 Å². The number of hydrogen-bond donors (Lipinski definition) is 2. The summed E-state index contributed by atoms with van der Waals surface area (Å²) in [6.45, 7) is 3.82. The fourth-order valence-electron chi connectivity index (χ4n) is 3.24. The summed E-state index contributed by atoms with van der Waals surface area (Å²) in [6, 6.07) is 6.52. The van der Waals surface area contributed by atoms with Crippen molar-refractivity contribution in [3.8, 4) is 6.07 Å². The van der Waals surface area contributed by atoms with Gasteiger partial charge in [-0.15, -0.1) is 0 Å². The number of nitrogens with zero attached hydrogens (tertiary/aromatic N) is 4. The van der Waals surface area contributed by atoms with Crippen molar-refractivity contribution in [2.24, 2.45) is 9.98 Å². The molecule has 0 saturated heterocycles. The van der Waals surface area contributed by atoms with E-state index in [0.717, 1.165) is 12.1 Å². The molecule has 34 heavy (non-hydrogen) atoms. The van der Waals surface area contributed by atoms with Crippen LogP contribution < -0.4 is 10.0 Å². The Morgan fingerprint density at radius 1 is 1.35 bits per heavy atom. The van der Waals surface area contributed by atoms with Crippen molar-refractivity contribution in [3.05, 3.63) is 82.6 Å². The number of aliphatic imine (C=N–C) groups is 2. The van der Waals surface area contributed by atoms with Crippen LogP contribution in [0.2, 0.25) is 0 Å². The van der Waals surface area contributed by atoms with Crippen LogP contribution in [-0.2, 0) is 11.0 Å². The number of hydrogen-bond acceptors (Lipinski definition) is 6. The predicted octanol–water partition coefficient (Wildman–Crippen LogP) is 5.18. The molecule has 0 fully saturated rings. The predicted molar refractivity (Wildman–Crippen MR) is 138 cm³/mol. The summed E-state index contributed by atoms with van der Waals surface area (Å²) in [5, 5.41) is 12.9. The molecule has 1 aromatic rings. The van der Waals surface area contributed by atoms with Crippen molar-refractivity contribution in [3.63, 3.8) is 0 Å². The lowest BCUT2D eigenvalue weighted by molar-refractivity contribution is 0.505. The molecule has 2 N–H and O–H groups in total. The zero-order valence-electron chi connectivity index (χ0n) is 19.6. The van der Waals surface area contributed by atoms with E-state index in [4.69, 9.17) is 0 Å². The maximum absolute atomic E-state index is 14.7. The largest absolute Gasteiger partial charge is 0.361 e. The molecule has 1 atom stereocenters. The lowest BCUT2D eigenvalue weighted by Gasteiger charge is -2.15. The van der Waals surface area contributed by atoms with Gasteiger partial charge in [-0.3, -0.25) is 4.99 Å². The minimum Gasteiger partial charge on any atom is -0.361 e. The first-order valence-electron chi connectivity index (χ1n) is 10.8. The van der Waals surface area contributed by atoms with Crippen LogP contribution in [0.15, 0.2) is 86.8 Å². The topological polar surface area (TPSA) is 92.9 Å². The second-order valence-corrected chi connectivity index (χ2v) is 8.89. The Morgan fingerprint density at radius 2 is 2.15 bits per heavy atom. The normalized spacial score (nSPS) is 16.7. The number of nitrogens with one attached hydrogen (secondary N) is 2. The highest BCUT2D eigenvalue weighted by Gasteiger charge is 2.21. The Kier molecular flexibility index (Phi) is 8.33. The number of nitriles is 1. The van der Waals surface area contributed by atoms with Crippen molar-refractivity contribution >= 4 is 33.8 Å². The molecule has 1 unspecified atom stereocenters. The minimum atomic E-state index is -1.51. The Morgan fingerprint density at radius 3 is 2.82 bits per heavy atom. The van der Waals surface area contributed by atoms with E-state index in [-0.39, 0.29) is 5.69 Å². The molecule has 176 valence electrons. The maximum Gasteiger partial charge on any atom is 0.149 e. The van der Waals surface area contributed by atoms with E-state index >= 15 is 0 Å². The van der Waals surface area contributed by atoms with Crippen LogP contribution in [0.4, 0.5) is 15.8 Å². The van der Waals surface area contributed by atoms with Gasteiger partial charge in [-0.2, -0.15) is 5.26 Å². The van der Waals surface area contributed by atoms with Gasteiger partial charge in [0.15, 0.2) is 0 Å². The fourth-order valence-corrected chi connectivity index (χ4v) is 4.28. The van der Waals surface area contributed by atoms with Crippen molar-refractivity contribution in [1.82, 2.24) is 4.90 Å². The van der Waals surface area contributed by atoms with Crippen LogP contribution in [0.3, 0.4) is 0 Å². The molecule has 0 aromatic heterocycles. The van der Waals surface area contributed by atoms with E-state index in [9.17, 15) is 13.9 Å².